The predicted octanol–water partition coefficient (Wildman–Crippen LogP) is 3.81. The molecule has 5 rings (SSSR count). The zero-order valence-corrected chi connectivity index (χ0v) is 21.0. The molecule has 34 heavy (non-hydrogen) atoms. The van der Waals surface area contributed by atoms with Crippen molar-refractivity contribution in [1.29, 1.82) is 0 Å². The van der Waals surface area contributed by atoms with E-state index < -0.39 is 0 Å². The first-order valence-electron chi connectivity index (χ1n) is 11.9. The normalized spacial score (nSPS) is 16.6. The molecule has 0 bridgehead atoms. The third-order valence-corrected chi connectivity index (χ3v) is 8.64. The number of nitrogens with one attached hydrogen (secondary N) is 2. The second kappa shape index (κ2) is 10.5. The lowest BCUT2D eigenvalue weighted by molar-refractivity contribution is -0.121. The third kappa shape index (κ3) is 5.16. The Hall–Kier alpha value is -2.36. The summed E-state index contributed by atoms with van der Waals surface area (Å²) in [6.45, 7) is 5.37. The van der Waals surface area contributed by atoms with Gasteiger partial charge in [-0.15, -0.1) is 11.3 Å². The number of thioether (sulfide) groups is 1. The lowest BCUT2D eigenvalue weighted by Crippen LogP contribution is -2.36. The number of hydrogen-bond acceptors (Lipinski definition) is 7. The molecular weight excluding hydrogens is 468 g/mol. The Morgan fingerprint density at radius 1 is 1.26 bits per heavy atom. The van der Waals surface area contributed by atoms with Crippen LogP contribution >= 0.6 is 23.1 Å². The van der Waals surface area contributed by atoms with Crippen LogP contribution in [0.2, 0.25) is 0 Å². The second-order valence-electron chi connectivity index (χ2n) is 8.83. The molecule has 1 saturated heterocycles. The van der Waals surface area contributed by atoms with E-state index in [2.05, 4.69) is 44.5 Å². The van der Waals surface area contributed by atoms with Gasteiger partial charge in [-0.25, -0.2) is 4.98 Å². The van der Waals surface area contributed by atoms with Crippen molar-refractivity contribution in [3.05, 3.63) is 56.4 Å². The van der Waals surface area contributed by atoms with E-state index in [0.29, 0.717) is 23.8 Å². The Labute approximate surface area is 207 Å². The molecule has 3 heterocycles. The molecule has 1 aliphatic heterocycles. The molecular formula is C25H30N4O3S2. The Morgan fingerprint density at radius 2 is 2.06 bits per heavy atom. The first-order chi connectivity index (χ1) is 16.6. The van der Waals surface area contributed by atoms with Gasteiger partial charge in [0, 0.05) is 35.8 Å². The number of morpholine rings is 1. The van der Waals surface area contributed by atoms with Crippen LogP contribution in [-0.4, -0.2) is 47.9 Å². The number of aryl methyl sites for hydroxylation is 2. The van der Waals surface area contributed by atoms with Crippen molar-refractivity contribution in [1.82, 2.24) is 15.3 Å². The van der Waals surface area contributed by atoms with Crippen LogP contribution in [0, 0.1) is 0 Å². The smallest absolute Gasteiger partial charge is 0.259 e. The van der Waals surface area contributed by atoms with Crippen LogP contribution in [0.5, 0.6) is 0 Å². The summed E-state index contributed by atoms with van der Waals surface area (Å²) in [5, 5.41) is 3.88. The van der Waals surface area contributed by atoms with Crippen molar-refractivity contribution < 1.29 is 9.53 Å². The van der Waals surface area contributed by atoms with Gasteiger partial charge < -0.3 is 19.9 Å². The van der Waals surface area contributed by atoms with Crippen LogP contribution in [-0.2, 0) is 28.1 Å². The summed E-state index contributed by atoms with van der Waals surface area (Å²) < 4.78 is 5.42. The minimum atomic E-state index is -0.0440. The number of carbonyl (C=O) groups is 1. The van der Waals surface area contributed by atoms with Gasteiger partial charge in [0.1, 0.15) is 10.7 Å². The van der Waals surface area contributed by atoms with E-state index in [-0.39, 0.29) is 17.5 Å². The Morgan fingerprint density at radius 3 is 2.85 bits per heavy atom. The van der Waals surface area contributed by atoms with E-state index in [0.717, 1.165) is 61.3 Å². The highest BCUT2D eigenvalue weighted by Crippen LogP contribution is 2.34. The number of carbonyl (C=O) groups excluding carboxylic acids is 1. The van der Waals surface area contributed by atoms with E-state index >= 15 is 0 Å². The molecule has 3 aromatic rings. The first kappa shape index (κ1) is 23.4. The maximum absolute atomic E-state index is 12.6. The molecule has 1 unspecified atom stereocenters. The van der Waals surface area contributed by atoms with Crippen molar-refractivity contribution in [3.8, 4) is 0 Å². The average Bonchev–Trinajstić information content (AvgIpc) is 3.43. The first-order valence-corrected chi connectivity index (χ1v) is 13.9. The Kier molecular flexibility index (Phi) is 7.22. The Balaban J connectivity index is 1.08. The number of thiophene rings is 1. The van der Waals surface area contributed by atoms with Gasteiger partial charge in [0.2, 0.25) is 5.91 Å². The SMILES string of the molecule is CC(NC(=O)CCSCc1nc2sc3c(c2c(=O)[nH]1)CCC3)c1ccc(N2CCOCC2)cc1. The predicted molar refractivity (Wildman–Crippen MR) is 139 cm³/mol. The van der Waals surface area contributed by atoms with Gasteiger partial charge in [0.25, 0.3) is 5.56 Å². The average molecular weight is 499 g/mol. The van der Waals surface area contributed by atoms with Gasteiger partial charge in [0.15, 0.2) is 0 Å². The third-order valence-electron chi connectivity index (χ3n) is 6.48. The lowest BCUT2D eigenvalue weighted by Gasteiger charge is -2.29. The summed E-state index contributed by atoms with van der Waals surface area (Å²) in [6.07, 6.45) is 3.61. The highest BCUT2D eigenvalue weighted by atomic mass is 32.2. The van der Waals surface area contributed by atoms with Crippen molar-refractivity contribution in [2.24, 2.45) is 0 Å². The van der Waals surface area contributed by atoms with Crippen LogP contribution < -0.4 is 15.8 Å². The summed E-state index contributed by atoms with van der Waals surface area (Å²) >= 11 is 3.28. The van der Waals surface area contributed by atoms with Crippen LogP contribution in [0.4, 0.5) is 5.69 Å². The molecule has 0 spiro atoms. The van der Waals surface area contributed by atoms with Gasteiger partial charge in [-0.05, 0) is 49.4 Å². The summed E-state index contributed by atoms with van der Waals surface area (Å²) in [5.74, 6) is 2.00. The number of hydrogen-bond donors (Lipinski definition) is 2. The molecule has 1 fully saturated rings. The van der Waals surface area contributed by atoms with E-state index in [1.165, 1.54) is 16.1 Å². The number of aromatic nitrogens is 2. The van der Waals surface area contributed by atoms with E-state index in [1.54, 1.807) is 23.1 Å². The van der Waals surface area contributed by atoms with Crippen molar-refractivity contribution in [3.63, 3.8) is 0 Å². The number of nitrogens with zero attached hydrogens (tertiary/aromatic N) is 2. The molecule has 1 aromatic carbocycles. The number of H-pyrrole nitrogens is 1. The minimum Gasteiger partial charge on any atom is -0.378 e. The number of amides is 1. The van der Waals surface area contributed by atoms with Gasteiger partial charge in [-0.1, -0.05) is 12.1 Å². The summed E-state index contributed by atoms with van der Waals surface area (Å²) in [7, 11) is 0. The van der Waals surface area contributed by atoms with Gasteiger partial charge >= 0.3 is 0 Å². The van der Waals surface area contributed by atoms with Crippen LogP contribution in [0.3, 0.4) is 0 Å². The van der Waals surface area contributed by atoms with Gasteiger partial charge in [0.05, 0.1) is 30.4 Å². The number of rotatable bonds is 8. The summed E-state index contributed by atoms with van der Waals surface area (Å²) in [4.78, 5) is 37.1. The van der Waals surface area contributed by atoms with Gasteiger partial charge in [-0.2, -0.15) is 11.8 Å². The highest BCUT2D eigenvalue weighted by Gasteiger charge is 2.21. The topological polar surface area (TPSA) is 87.3 Å². The standard InChI is InChI=1S/C25H30N4O3S2/c1-16(17-5-7-18(8-6-17)29-10-12-32-13-11-29)26-22(30)9-14-33-15-21-27-24(31)23-19-3-2-4-20(19)34-25(23)28-21/h5-8,16H,2-4,9-15H2,1H3,(H,26,30)(H,27,28,31). The molecule has 0 saturated carbocycles. The van der Waals surface area contributed by atoms with Crippen molar-refractivity contribution in [2.75, 3.05) is 37.0 Å². The zero-order valence-electron chi connectivity index (χ0n) is 19.4. The van der Waals surface area contributed by atoms with Crippen molar-refractivity contribution >= 4 is 44.9 Å². The number of anilines is 1. The molecule has 180 valence electrons. The maximum atomic E-state index is 12.6. The maximum Gasteiger partial charge on any atom is 0.259 e. The van der Waals surface area contributed by atoms with Gasteiger partial charge in [-0.3, -0.25) is 9.59 Å². The fraction of sp³-hybridized carbons (Fsp3) is 0.480. The minimum absolute atomic E-state index is 0.0220. The second-order valence-corrected chi connectivity index (χ2v) is 11.0. The molecule has 7 nitrogen and oxygen atoms in total. The molecule has 1 atom stereocenters. The zero-order chi connectivity index (χ0) is 23.5. The largest absolute Gasteiger partial charge is 0.378 e. The quantitative estimate of drug-likeness (QED) is 0.459. The molecule has 0 radical (unpaired) electrons. The molecule has 2 N–H and O–H groups in total. The summed E-state index contributed by atoms with van der Waals surface area (Å²) in [5.41, 5.74) is 3.47. The number of aromatic amines is 1. The highest BCUT2D eigenvalue weighted by molar-refractivity contribution is 7.98. The van der Waals surface area contributed by atoms with E-state index in [9.17, 15) is 9.59 Å². The number of benzene rings is 1. The van der Waals surface area contributed by atoms with Crippen LogP contribution in [0.25, 0.3) is 10.2 Å². The summed E-state index contributed by atoms with van der Waals surface area (Å²) in [6, 6.07) is 8.36. The van der Waals surface area contributed by atoms with E-state index in [4.69, 9.17) is 4.74 Å². The molecule has 1 amide bonds. The number of fused-ring (bicyclic) bond motifs is 3. The van der Waals surface area contributed by atoms with Crippen LogP contribution in [0.15, 0.2) is 29.1 Å². The molecule has 1 aliphatic carbocycles. The lowest BCUT2D eigenvalue weighted by atomic mass is 10.1. The monoisotopic (exact) mass is 498 g/mol. The fourth-order valence-corrected chi connectivity index (χ4v) is 6.73. The number of ether oxygens (including phenoxy) is 1. The van der Waals surface area contributed by atoms with Crippen molar-refractivity contribution in [2.45, 2.75) is 44.4 Å². The van der Waals surface area contributed by atoms with Crippen LogP contribution in [0.1, 0.15) is 47.6 Å². The molecule has 2 aliphatic rings. The fourth-order valence-electron chi connectivity index (χ4n) is 4.64. The molecule has 9 heteroatoms. The molecule has 2 aromatic heterocycles. The Bertz CT molecular complexity index is 1220. The van der Waals surface area contributed by atoms with E-state index in [1.807, 2.05) is 6.92 Å².